The molecule has 5 heteroatoms. The lowest BCUT2D eigenvalue weighted by molar-refractivity contribution is -0.0617. The zero-order valence-electron chi connectivity index (χ0n) is 12.1. The Morgan fingerprint density at radius 2 is 1.90 bits per heavy atom. The Labute approximate surface area is 119 Å². The standard InChI is InChI=1S/C15H23NO4/c1-18-13-4-3-12(9-14(13)19-2)10-16-11-15(17)5-7-20-8-6-15/h3-4,9,16-17H,5-8,10-11H2,1-2H3. The lowest BCUT2D eigenvalue weighted by Gasteiger charge is -2.32. The third-order valence-corrected chi connectivity index (χ3v) is 3.65. The van der Waals surface area contributed by atoms with Crippen LogP contribution in [0.5, 0.6) is 11.5 Å². The lowest BCUT2D eigenvalue weighted by Crippen LogP contribution is -2.44. The number of ether oxygens (including phenoxy) is 3. The van der Waals surface area contributed by atoms with Crippen molar-refractivity contribution in [3.8, 4) is 11.5 Å². The topological polar surface area (TPSA) is 60.0 Å². The second kappa shape index (κ2) is 6.92. The van der Waals surface area contributed by atoms with E-state index >= 15 is 0 Å². The van der Waals surface area contributed by atoms with Crippen LogP contribution in [-0.4, -0.2) is 44.7 Å². The molecular weight excluding hydrogens is 258 g/mol. The van der Waals surface area contributed by atoms with E-state index in [1.54, 1.807) is 14.2 Å². The maximum absolute atomic E-state index is 10.3. The van der Waals surface area contributed by atoms with Gasteiger partial charge in [0.05, 0.1) is 19.8 Å². The minimum atomic E-state index is -0.644. The number of aliphatic hydroxyl groups is 1. The molecule has 1 aromatic rings. The maximum Gasteiger partial charge on any atom is 0.161 e. The molecule has 5 nitrogen and oxygen atoms in total. The van der Waals surface area contributed by atoms with Crippen molar-refractivity contribution in [2.45, 2.75) is 25.0 Å². The fraction of sp³-hybridized carbons (Fsp3) is 0.600. The van der Waals surface area contributed by atoms with Crippen LogP contribution >= 0.6 is 0 Å². The fourth-order valence-electron chi connectivity index (χ4n) is 2.36. The molecule has 0 amide bonds. The Morgan fingerprint density at radius 1 is 1.20 bits per heavy atom. The van der Waals surface area contributed by atoms with Crippen LogP contribution in [0.25, 0.3) is 0 Å². The van der Waals surface area contributed by atoms with Crippen LogP contribution in [0.3, 0.4) is 0 Å². The molecule has 0 radical (unpaired) electrons. The first kappa shape index (κ1) is 15.1. The summed E-state index contributed by atoms with van der Waals surface area (Å²) in [7, 11) is 3.25. The van der Waals surface area contributed by atoms with Gasteiger partial charge in [0.25, 0.3) is 0 Å². The summed E-state index contributed by atoms with van der Waals surface area (Å²) in [6.45, 7) is 2.53. The second-order valence-electron chi connectivity index (χ2n) is 5.13. The van der Waals surface area contributed by atoms with Gasteiger partial charge in [0, 0.05) is 39.1 Å². The first-order chi connectivity index (χ1) is 9.67. The Hall–Kier alpha value is -1.30. The third-order valence-electron chi connectivity index (χ3n) is 3.65. The molecule has 0 atom stereocenters. The van der Waals surface area contributed by atoms with E-state index in [0.717, 1.165) is 17.1 Å². The molecule has 1 aliphatic heterocycles. The first-order valence-electron chi connectivity index (χ1n) is 6.89. The van der Waals surface area contributed by atoms with E-state index in [2.05, 4.69) is 5.32 Å². The van der Waals surface area contributed by atoms with Crippen molar-refractivity contribution in [3.63, 3.8) is 0 Å². The number of nitrogens with one attached hydrogen (secondary N) is 1. The number of benzene rings is 1. The van der Waals surface area contributed by atoms with Crippen LogP contribution in [0.2, 0.25) is 0 Å². The predicted octanol–water partition coefficient (Wildman–Crippen LogP) is 1.33. The van der Waals surface area contributed by atoms with Crippen LogP contribution in [0.15, 0.2) is 18.2 Å². The largest absolute Gasteiger partial charge is 0.493 e. The van der Waals surface area contributed by atoms with Gasteiger partial charge in [0.2, 0.25) is 0 Å². The van der Waals surface area contributed by atoms with E-state index in [4.69, 9.17) is 14.2 Å². The molecule has 1 aliphatic rings. The SMILES string of the molecule is COc1ccc(CNCC2(O)CCOCC2)cc1OC. The van der Waals surface area contributed by atoms with Gasteiger partial charge in [-0.2, -0.15) is 0 Å². The van der Waals surface area contributed by atoms with Crippen LogP contribution in [0.4, 0.5) is 0 Å². The Morgan fingerprint density at radius 3 is 2.55 bits per heavy atom. The van der Waals surface area contributed by atoms with Crippen molar-refractivity contribution in [2.24, 2.45) is 0 Å². The molecular formula is C15H23NO4. The smallest absolute Gasteiger partial charge is 0.161 e. The quantitative estimate of drug-likeness (QED) is 0.824. The summed E-state index contributed by atoms with van der Waals surface area (Å²) >= 11 is 0. The van der Waals surface area contributed by atoms with E-state index in [9.17, 15) is 5.11 Å². The average Bonchev–Trinajstić information content (AvgIpc) is 2.47. The van der Waals surface area contributed by atoms with Crippen molar-refractivity contribution >= 4 is 0 Å². The van der Waals surface area contributed by atoms with Gasteiger partial charge in [-0.25, -0.2) is 0 Å². The maximum atomic E-state index is 10.3. The summed E-state index contributed by atoms with van der Waals surface area (Å²) in [4.78, 5) is 0. The van der Waals surface area contributed by atoms with Gasteiger partial charge in [0.1, 0.15) is 0 Å². The number of methoxy groups -OCH3 is 2. The fourth-order valence-corrected chi connectivity index (χ4v) is 2.36. The van der Waals surface area contributed by atoms with Gasteiger partial charge >= 0.3 is 0 Å². The molecule has 0 saturated carbocycles. The van der Waals surface area contributed by atoms with Gasteiger partial charge < -0.3 is 24.6 Å². The summed E-state index contributed by atoms with van der Waals surface area (Å²) < 4.78 is 15.7. The molecule has 1 fully saturated rings. The molecule has 0 aliphatic carbocycles. The minimum Gasteiger partial charge on any atom is -0.493 e. The molecule has 20 heavy (non-hydrogen) atoms. The van der Waals surface area contributed by atoms with Crippen LogP contribution in [0, 0.1) is 0 Å². The number of hydrogen-bond donors (Lipinski definition) is 2. The minimum absolute atomic E-state index is 0.574. The molecule has 112 valence electrons. The highest BCUT2D eigenvalue weighted by Gasteiger charge is 2.29. The zero-order chi connectivity index (χ0) is 14.4. The Bertz CT molecular complexity index is 430. The molecule has 0 unspecified atom stereocenters. The van der Waals surface area contributed by atoms with E-state index < -0.39 is 5.60 Å². The molecule has 0 aromatic heterocycles. The molecule has 0 spiro atoms. The van der Waals surface area contributed by atoms with E-state index in [1.807, 2.05) is 18.2 Å². The van der Waals surface area contributed by atoms with Crippen molar-refractivity contribution in [1.82, 2.24) is 5.32 Å². The van der Waals surface area contributed by atoms with E-state index in [-0.39, 0.29) is 0 Å². The zero-order valence-corrected chi connectivity index (χ0v) is 12.1. The summed E-state index contributed by atoms with van der Waals surface area (Å²) in [5.74, 6) is 1.44. The highest BCUT2D eigenvalue weighted by atomic mass is 16.5. The Balaban J connectivity index is 1.87. The van der Waals surface area contributed by atoms with Gasteiger partial charge in [0.15, 0.2) is 11.5 Å². The van der Waals surface area contributed by atoms with Crippen LogP contribution in [-0.2, 0) is 11.3 Å². The normalized spacial score (nSPS) is 17.8. The monoisotopic (exact) mass is 281 g/mol. The summed E-state index contributed by atoms with van der Waals surface area (Å²) in [5.41, 5.74) is 0.452. The van der Waals surface area contributed by atoms with Gasteiger partial charge in [-0.3, -0.25) is 0 Å². The lowest BCUT2D eigenvalue weighted by atomic mass is 9.94. The van der Waals surface area contributed by atoms with Crippen molar-refractivity contribution in [1.29, 1.82) is 0 Å². The van der Waals surface area contributed by atoms with Crippen LogP contribution in [0.1, 0.15) is 18.4 Å². The summed E-state index contributed by atoms with van der Waals surface area (Å²) in [5, 5.41) is 13.6. The summed E-state index contributed by atoms with van der Waals surface area (Å²) in [6, 6.07) is 5.82. The number of hydrogen-bond acceptors (Lipinski definition) is 5. The van der Waals surface area contributed by atoms with Gasteiger partial charge in [-0.15, -0.1) is 0 Å². The van der Waals surface area contributed by atoms with Crippen molar-refractivity contribution < 1.29 is 19.3 Å². The van der Waals surface area contributed by atoms with Crippen LogP contribution < -0.4 is 14.8 Å². The van der Waals surface area contributed by atoms with E-state index in [0.29, 0.717) is 39.1 Å². The predicted molar refractivity (Wildman–Crippen MR) is 76.3 cm³/mol. The molecule has 2 rings (SSSR count). The highest BCUT2D eigenvalue weighted by Crippen LogP contribution is 2.27. The molecule has 1 heterocycles. The van der Waals surface area contributed by atoms with Crippen molar-refractivity contribution in [2.75, 3.05) is 34.0 Å². The molecule has 1 aromatic carbocycles. The molecule has 1 saturated heterocycles. The first-order valence-corrected chi connectivity index (χ1v) is 6.89. The van der Waals surface area contributed by atoms with Crippen molar-refractivity contribution in [3.05, 3.63) is 23.8 Å². The Kier molecular flexibility index (Phi) is 5.23. The third kappa shape index (κ3) is 3.85. The van der Waals surface area contributed by atoms with E-state index in [1.165, 1.54) is 0 Å². The second-order valence-corrected chi connectivity index (χ2v) is 5.13. The molecule has 2 N–H and O–H groups in total. The number of rotatable bonds is 6. The van der Waals surface area contributed by atoms with Gasteiger partial charge in [-0.1, -0.05) is 6.07 Å². The van der Waals surface area contributed by atoms with Gasteiger partial charge in [-0.05, 0) is 17.7 Å². The average molecular weight is 281 g/mol. The highest BCUT2D eigenvalue weighted by molar-refractivity contribution is 5.42. The molecule has 0 bridgehead atoms. The summed E-state index contributed by atoms with van der Waals surface area (Å²) in [6.07, 6.45) is 1.37.